The van der Waals surface area contributed by atoms with Gasteiger partial charge in [-0.3, -0.25) is 0 Å². The van der Waals surface area contributed by atoms with Gasteiger partial charge in [0.05, 0.1) is 12.1 Å². The number of aryl methyl sites for hydroxylation is 1. The molecule has 0 aliphatic heterocycles. The highest BCUT2D eigenvalue weighted by Crippen LogP contribution is 2.28. The highest BCUT2D eigenvalue weighted by molar-refractivity contribution is 7.09. The number of methoxy groups -OCH3 is 1. The van der Waals surface area contributed by atoms with Gasteiger partial charge in [0.25, 0.3) is 0 Å². The quantitative estimate of drug-likeness (QED) is 0.843. The maximum atomic E-state index is 14.5. The molecule has 0 spiro atoms. The number of hydrogen-bond donors (Lipinski definition) is 1. The van der Waals surface area contributed by atoms with Gasteiger partial charge < -0.3 is 10.1 Å². The third kappa shape index (κ3) is 4.02. The first-order valence-corrected chi connectivity index (χ1v) is 8.00. The Bertz CT molecular complexity index is 585. The lowest BCUT2D eigenvalue weighted by Gasteiger charge is -2.19. The zero-order valence-electron chi connectivity index (χ0n) is 12.6. The first-order chi connectivity index (χ1) is 10.2. The Morgan fingerprint density at radius 3 is 2.86 bits per heavy atom. The average molecular weight is 308 g/mol. The second kappa shape index (κ2) is 7.52. The number of nitrogens with zero attached hydrogens (tertiary/aromatic N) is 1. The molecule has 1 N–H and O–H groups in total. The van der Waals surface area contributed by atoms with Crippen molar-refractivity contribution in [1.82, 2.24) is 10.3 Å². The van der Waals surface area contributed by atoms with Crippen molar-refractivity contribution in [3.8, 4) is 5.75 Å². The SMILES string of the molecule is CCCNC(Cc1nc(C)cs1)c1cccc(OC)c1F. The van der Waals surface area contributed by atoms with E-state index in [0.29, 0.717) is 12.0 Å². The number of ether oxygens (including phenoxy) is 1. The summed E-state index contributed by atoms with van der Waals surface area (Å²) in [7, 11) is 1.49. The van der Waals surface area contributed by atoms with E-state index in [1.807, 2.05) is 24.4 Å². The summed E-state index contributed by atoms with van der Waals surface area (Å²) in [6.45, 7) is 4.91. The second-order valence-corrected chi connectivity index (χ2v) is 5.90. The zero-order valence-corrected chi connectivity index (χ0v) is 13.5. The van der Waals surface area contributed by atoms with Crippen LogP contribution in [0.4, 0.5) is 4.39 Å². The smallest absolute Gasteiger partial charge is 0.169 e. The van der Waals surface area contributed by atoms with Gasteiger partial charge in [0.1, 0.15) is 0 Å². The molecule has 1 aromatic carbocycles. The van der Waals surface area contributed by atoms with Crippen LogP contribution >= 0.6 is 11.3 Å². The van der Waals surface area contributed by atoms with E-state index >= 15 is 0 Å². The summed E-state index contributed by atoms with van der Waals surface area (Å²) in [5.74, 6) is -0.00648. The molecule has 5 heteroatoms. The molecule has 114 valence electrons. The van der Waals surface area contributed by atoms with Crippen LogP contribution in [0.15, 0.2) is 23.6 Å². The molecule has 0 radical (unpaired) electrons. The fourth-order valence-corrected chi connectivity index (χ4v) is 3.06. The van der Waals surface area contributed by atoms with Gasteiger partial charge in [0.15, 0.2) is 11.6 Å². The number of thiazole rings is 1. The molecule has 0 aliphatic rings. The largest absolute Gasteiger partial charge is 0.494 e. The van der Waals surface area contributed by atoms with E-state index in [9.17, 15) is 4.39 Å². The van der Waals surface area contributed by atoms with Crippen molar-refractivity contribution in [3.63, 3.8) is 0 Å². The average Bonchev–Trinajstić information content (AvgIpc) is 2.89. The Hall–Kier alpha value is -1.46. The van der Waals surface area contributed by atoms with E-state index in [4.69, 9.17) is 4.74 Å². The van der Waals surface area contributed by atoms with E-state index in [1.54, 1.807) is 17.4 Å². The number of benzene rings is 1. The first-order valence-electron chi connectivity index (χ1n) is 7.12. The molecule has 1 heterocycles. The summed E-state index contributed by atoms with van der Waals surface area (Å²) in [6.07, 6.45) is 1.68. The van der Waals surface area contributed by atoms with Crippen LogP contribution in [0.5, 0.6) is 5.75 Å². The fraction of sp³-hybridized carbons (Fsp3) is 0.438. The zero-order chi connectivity index (χ0) is 15.2. The molecule has 2 rings (SSSR count). The van der Waals surface area contributed by atoms with E-state index < -0.39 is 0 Å². The van der Waals surface area contributed by atoms with E-state index in [2.05, 4.69) is 17.2 Å². The minimum absolute atomic E-state index is 0.0920. The lowest BCUT2D eigenvalue weighted by atomic mass is 10.0. The summed E-state index contributed by atoms with van der Waals surface area (Å²) < 4.78 is 19.6. The standard InChI is InChI=1S/C16H21FN2OS/c1-4-8-18-13(9-15-19-11(2)10-21-15)12-6-5-7-14(20-3)16(12)17/h5-7,10,13,18H,4,8-9H2,1-3H3. The number of aromatic nitrogens is 1. The van der Waals surface area contributed by atoms with Crippen LogP contribution in [0.1, 0.15) is 35.7 Å². The van der Waals surface area contributed by atoms with Crippen LogP contribution < -0.4 is 10.1 Å². The monoisotopic (exact) mass is 308 g/mol. The molecule has 3 nitrogen and oxygen atoms in total. The fourth-order valence-electron chi connectivity index (χ4n) is 2.24. The predicted octanol–water partition coefficient (Wildman–Crippen LogP) is 3.88. The summed E-state index contributed by atoms with van der Waals surface area (Å²) in [5, 5.41) is 6.45. The third-order valence-electron chi connectivity index (χ3n) is 3.27. The number of hydrogen-bond acceptors (Lipinski definition) is 4. The van der Waals surface area contributed by atoms with Gasteiger partial charge in [0, 0.05) is 29.1 Å². The maximum Gasteiger partial charge on any atom is 0.169 e. The van der Waals surface area contributed by atoms with Gasteiger partial charge in [-0.1, -0.05) is 19.1 Å². The van der Waals surface area contributed by atoms with Crippen molar-refractivity contribution in [3.05, 3.63) is 45.7 Å². The van der Waals surface area contributed by atoms with Crippen LogP contribution in [-0.2, 0) is 6.42 Å². The lowest BCUT2D eigenvalue weighted by molar-refractivity contribution is 0.379. The van der Waals surface area contributed by atoms with Crippen LogP contribution in [0, 0.1) is 12.7 Å². The van der Waals surface area contributed by atoms with Gasteiger partial charge in [-0.25, -0.2) is 9.37 Å². The molecule has 2 aromatic rings. The molecule has 1 aromatic heterocycles. The van der Waals surface area contributed by atoms with Crippen LogP contribution in [0.3, 0.4) is 0 Å². The Morgan fingerprint density at radius 1 is 1.43 bits per heavy atom. The molecule has 1 unspecified atom stereocenters. The first kappa shape index (κ1) is 15.9. The summed E-state index contributed by atoms with van der Waals surface area (Å²) in [4.78, 5) is 4.48. The van der Waals surface area contributed by atoms with Crippen LogP contribution in [0.25, 0.3) is 0 Å². The number of nitrogens with one attached hydrogen (secondary N) is 1. The lowest BCUT2D eigenvalue weighted by Crippen LogP contribution is -2.25. The highest BCUT2D eigenvalue weighted by Gasteiger charge is 2.19. The molecule has 21 heavy (non-hydrogen) atoms. The Morgan fingerprint density at radius 2 is 2.24 bits per heavy atom. The molecule has 0 aliphatic carbocycles. The number of halogens is 1. The molecule has 0 fully saturated rings. The molecule has 1 atom stereocenters. The predicted molar refractivity (Wildman–Crippen MR) is 84.5 cm³/mol. The Kier molecular flexibility index (Phi) is 5.70. The normalized spacial score (nSPS) is 12.4. The summed E-state index contributed by atoms with van der Waals surface area (Å²) in [5.41, 5.74) is 1.64. The number of rotatable bonds is 7. The van der Waals surface area contributed by atoms with Gasteiger partial charge >= 0.3 is 0 Å². The summed E-state index contributed by atoms with van der Waals surface area (Å²) in [6, 6.07) is 5.19. The van der Waals surface area contributed by atoms with Crippen molar-refractivity contribution >= 4 is 11.3 Å². The van der Waals surface area contributed by atoms with Crippen LogP contribution in [-0.4, -0.2) is 18.6 Å². The second-order valence-electron chi connectivity index (χ2n) is 4.96. The third-order valence-corrected chi connectivity index (χ3v) is 4.26. The van der Waals surface area contributed by atoms with Crippen molar-refractivity contribution in [2.45, 2.75) is 32.7 Å². The topological polar surface area (TPSA) is 34.2 Å². The highest BCUT2D eigenvalue weighted by atomic mass is 32.1. The van der Waals surface area contributed by atoms with Gasteiger partial charge in [-0.05, 0) is 26.0 Å². The van der Waals surface area contributed by atoms with Gasteiger partial charge in [-0.2, -0.15) is 0 Å². The maximum absolute atomic E-state index is 14.5. The van der Waals surface area contributed by atoms with E-state index in [-0.39, 0.29) is 17.6 Å². The van der Waals surface area contributed by atoms with E-state index in [1.165, 1.54) is 7.11 Å². The molecule has 0 amide bonds. The van der Waals surface area contributed by atoms with Crippen molar-refractivity contribution in [1.29, 1.82) is 0 Å². The van der Waals surface area contributed by atoms with Crippen LogP contribution in [0.2, 0.25) is 0 Å². The molecule has 0 saturated carbocycles. The molecular weight excluding hydrogens is 287 g/mol. The Balaban J connectivity index is 2.26. The molecule has 0 saturated heterocycles. The minimum Gasteiger partial charge on any atom is -0.494 e. The Labute approximate surface area is 129 Å². The minimum atomic E-state index is -0.290. The van der Waals surface area contributed by atoms with Crippen molar-refractivity contribution in [2.75, 3.05) is 13.7 Å². The molecule has 0 bridgehead atoms. The summed E-state index contributed by atoms with van der Waals surface area (Å²) >= 11 is 1.62. The van der Waals surface area contributed by atoms with Crippen molar-refractivity contribution < 1.29 is 9.13 Å². The van der Waals surface area contributed by atoms with Gasteiger partial charge in [0.2, 0.25) is 0 Å². The van der Waals surface area contributed by atoms with Gasteiger partial charge in [-0.15, -0.1) is 11.3 Å². The van der Waals surface area contributed by atoms with Crippen molar-refractivity contribution in [2.24, 2.45) is 0 Å². The molecular formula is C16H21FN2OS. The van der Waals surface area contributed by atoms with E-state index in [0.717, 1.165) is 23.7 Å².